The lowest BCUT2D eigenvalue weighted by Gasteiger charge is -2.05. The summed E-state index contributed by atoms with van der Waals surface area (Å²) in [5.41, 5.74) is 0.574. The average Bonchev–Trinajstić information content (AvgIpc) is 2.80. The molecule has 2 amide bonds. The zero-order valence-corrected chi connectivity index (χ0v) is 6.74. The van der Waals surface area contributed by atoms with E-state index in [2.05, 4.69) is 0 Å². The molecule has 12 heavy (non-hydrogen) atoms. The zero-order chi connectivity index (χ0) is 8.72. The highest BCUT2D eigenvalue weighted by molar-refractivity contribution is 6.15. The summed E-state index contributed by atoms with van der Waals surface area (Å²) >= 11 is 0. The Hall–Kier alpha value is -1.16. The second kappa shape index (κ2) is 2.42. The van der Waals surface area contributed by atoms with E-state index in [9.17, 15) is 9.59 Å². The molecular weight excluding hydrogens is 158 g/mol. The molecule has 64 valence electrons. The van der Waals surface area contributed by atoms with Gasteiger partial charge in [-0.15, -0.1) is 0 Å². The molecule has 0 N–H and O–H groups in total. The third-order valence-electron chi connectivity index (χ3n) is 2.06. The van der Waals surface area contributed by atoms with Crippen LogP contribution in [0.3, 0.4) is 0 Å². The van der Waals surface area contributed by atoms with Gasteiger partial charge in [0.25, 0.3) is 11.8 Å². The van der Waals surface area contributed by atoms with E-state index < -0.39 is 0 Å². The number of rotatable bonds is 2. The smallest absolute Gasteiger partial charge is 0.256 e. The number of imide groups is 1. The summed E-state index contributed by atoms with van der Waals surface area (Å²) in [6, 6.07) is 0. The summed E-state index contributed by atoms with van der Waals surface area (Å²) in [4.78, 5) is 23.4. The van der Waals surface area contributed by atoms with Gasteiger partial charge >= 0.3 is 0 Å². The number of ether oxygens (including phenoxy) is 1. The zero-order valence-electron chi connectivity index (χ0n) is 6.74. The molecule has 0 radical (unpaired) electrons. The van der Waals surface area contributed by atoms with Gasteiger partial charge < -0.3 is 4.74 Å². The fourth-order valence-corrected chi connectivity index (χ4v) is 1.20. The lowest BCUT2D eigenvalue weighted by molar-refractivity contribution is -0.135. The normalized spacial score (nSPS) is 27.9. The summed E-state index contributed by atoms with van der Waals surface area (Å²) in [7, 11) is 1.49. The largest absolute Gasteiger partial charge is 0.373 e. The van der Waals surface area contributed by atoms with Crippen LogP contribution in [0.1, 0.15) is 6.42 Å². The number of hydrogen-bond acceptors (Lipinski definition) is 3. The maximum Gasteiger partial charge on any atom is 0.256 e. The second-order valence-electron chi connectivity index (χ2n) is 3.03. The van der Waals surface area contributed by atoms with Crippen LogP contribution in [0, 0.1) is 0 Å². The van der Waals surface area contributed by atoms with Crippen molar-refractivity contribution in [3.8, 4) is 0 Å². The van der Waals surface area contributed by atoms with E-state index in [1.807, 2.05) is 0 Å². The van der Waals surface area contributed by atoms with Crippen LogP contribution < -0.4 is 0 Å². The Kier molecular flexibility index (Phi) is 1.51. The predicted octanol–water partition coefficient (Wildman–Crippen LogP) is -0.300. The highest BCUT2D eigenvalue weighted by Gasteiger charge is 2.33. The van der Waals surface area contributed by atoms with Crippen LogP contribution in [-0.4, -0.2) is 36.5 Å². The summed E-state index contributed by atoms with van der Waals surface area (Å²) in [5, 5.41) is 0. The van der Waals surface area contributed by atoms with Gasteiger partial charge in [-0.25, -0.2) is 0 Å². The van der Waals surface area contributed by atoms with E-state index in [4.69, 9.17) is 4.74 Å². The molecule has 1 fully saturated rings. The van der Waals surface area contributed by atoms with Crippen molar-refractivity contribution in [1.82, 2.24) is 4.90 Å². The Morgan fingerprint density at radius 3 is 2.75 bits per heavy atom. The third kappa shape index (κ3) is 1.14. The molecule has 4 nitrogen and oxygen atoms in total. The number of hydrogen-bond donors (Lipinski definition) is 0. The lowest BCUT2D eigenvalue weighted by atomic mass is 10.1. The van der Waals surface area contributed by atoms with Crippen molar-refractivity contribution >= 4 is 11.8 Å². The van der Waals surface area contributed by atoms with Gasteiger partial charge in [0.05, 0.1) is 12.7 Å². The molecule has 0 aromatic heterocycles. The monoisotopic (exact) mass is 167 g/mol. The number of epoxide rings is 1. The van der Waals surface area contributed by atoms with Gasteiger partial charge in [-0.3, -0.25) is 14.5 Å². The fourth-order valence-electron chi connectivity index (χ4n) is 1.20. The number of likely N-dealkylation sites (N-methyl/N-ethyl adjacent to an activating group) is 1. The van der Waals surface area contributed by atoms with Crippen LogP contribution in [0.4, 0.5) is 0 Å². The van der Waals surface area contributed by atoms with Crippen molar-refractivity contribution in [2.24, 2.45) is 0 Å². The van der Waals surface area contributed by atoms with Crippen molar-refractivity contribution in [2.45, 2.75) is 12.5 Å². The molecule has 0 aliphatic carbocycles. The minimum Gasteiger partial charge on any atom is -0.373 e. The van der Waals surface area contributed by atoms with Crippen LogP contribution in [0.25, 0.3) is 0 Å². The van der Waals surface area contributed by atoms with Gasteiger partial charge in [0, 0.05) is 25.1 Å². The Morgan fingerprint density at radius 2 is 2.33 bits per heavy atom. The topological polar surface area (TPSA) is 49.9 Å². The first-order chi connectivity index (χ1) is 5.68. The van der Waals surface area contributed by atoms with Crippen LogP contribution >= 0.6 is 0 Å². The minimum atomic E-state index is -0.226. The molecular formula is C8H9NO3. The summed E-state index contributed by atoms with van der Waals surface area (Å²) in [6.07, 6.45) is 2.14. The maximum atomic E-state index is 11.3. The molecule has 2 aliphatic heterocycles. The van der Waals surface area contributed by atoms with Crippen molar-refractivity contribution in [3.63, 3.8) is 0 Å². The molecule has 0 saturated carbocycles. The first-order valence-corrected chi connectivity index (χ1v) is 3.82. The Morgan fingerprint density at radius 1 is 1.67 bits per heavy atom. The number of nitrogens with zero attached hydrogens (tertiary/aromatic N) is 1. The molecule has 1 saturated heterocycles. The van der Waals surface area contributed by atoms with Crippen molar-refractivity contribution in [2.75, 3.05) is 13.7 Å². The highest BCUT2D eigenvalue weighted by atomic mass is 16.6. The third-order valence-corrected chi connectivity index (χ3v) is 2.06. The van der Waals surface area contributed by atoms with E-state index in [0.717, 1.165) is 4.90 Å². The van der Waals surface area contributed by atoms with E-state index in [0.29, 0.717) is 18.6 Å². The molecule has 2 heterocycles. The van der Waals surface area contributed by atoms with Gasteiger partial charge in [0.1, 0.15) is 0 Å². The van der Waals surface area contributed by atoms with Gasteiger partial charge in [0.2, 0.25) is 0 Å². The fraction of sp³-hybridized carbons (Fsp3) is 0.500. The van der Waals surface area contributed by atoms with Gasteiger partial charge in [-0.2, -0.15) is 0 Å². The Balaban J connectivity index is 2.09. The van der Waals surface area contributed by atoms with E-state index in [-0.39, 0.29) is 17.9 Å². The molecule has 0 aromatic rings. The molecule has 0 aromatic carbocycles. The Labute approximate surface area is 69.8 Å². The van der Waals surface area contributed by atoms with Gasteiger partial charge in [0.15, 0.2) is 0 Å². The molecule has 2 rings (SSSR count). The van der Waals surface area contributed by atoms with Crippen molar-refractivity contribution < 1.29 is 14.3 Å². The highest BCUT2D eigenvalue weighted by Crippen LogP contribution is 2.23. The number of carbonyl (C=O) groups excluding carboxylic acids is 2. The first-order valence-electron chi connectivity index (χ1n) is 3.82. The standard InChI is InChI=1S/C8H9NO3/c1-9-7(10)3-5(8(9)11)2-6-4-12-6/h3,6H,2,4H2,1H3. The number of carbonyl (C=O) groups is 2. The summed E-state index contributed by atoms with van der Waals surface area (Å²) in [5.74, 6) is -0.411. The van der Waals surface area contributed by atoms with Gasteiger partial charge in [-0.1, -0.05) is 0 Å². The number of amides is 2. The molecule has 4 heteroatoms. The summed E-state index contributed by atoms with van der Waals surface area (Å²) < 4.78 is 4.97. The first kappa shape index (κ1) is 7.49. The summed E-state index contributed by atoms with van der Waals surface area (Å²) in [6.45, 7) is 0.711. The van der Waals surface area contributed by atoms with Crippen LogP contribution in [0.5, 0.6) is 0 Å². The average molecular weight is 167 g/mol. The molecule has 2 aliphatic rings. The molecule has 1 unspecified atom stereocenters. The lowest BCUT2D eigenvalue weighted by Crippen LogP contribution is -2.26. The molecule has 0 bridgehead atoms. The van der Waals surface area contributed by atoms with E-state index >= 15 is 0 Å². The predicted molar refractivity (Wildman–Crippen MR) is 40.2 cm³/mol. The van der Waals surface area contributed by atoms with Crippen LogP contribution in [0.15, 0.2) is 11.6 Å². The van der Waals surface area contributed by atoms with E-state index in [1.165, 1.54) is 13.1 Å². The van der Waals surface area contributed by atoms with Crippen molar-refractivity contribution in [3.05, 3.63) is 11.6 Å². The Bertz CT molecular complexity index is 278. The maximum absolute atomic E-state index is 11.3. The SMILES string of the molecule is CN1C(=O)C=C(CC2CO2)C1=O. The van der Waals surface area contributed by atoms with Crippen LogP contribution in [-0.2, 0) is 14.3 Å². The molecule has 1 atom stereocenters. The minimum absolute atomic E-state index is 0.166. The van der Waals surface area contributed by atoms with Crippen molar-refractivity contribution in [1.29, 1.82) is 0 Å². The second-order valence-corrected chi connectivity index (χ2v) is 3.03. The molecule has 0 spiro atoms. The van der Waals surface area contributed by atoms with Gasteiger partial charge in [-0.05, 0) is 0 Å². The van der Waals surface area contributed by atoms with E-state index in [1.54, 1.807) is 0 Å². The quantitative estimate of drug-likeness (QED) is 0.419. The van der Waals surface area contributed by atoms with Crippen LogP contribution in [0.2, 0.25) is 0 Å².